The smallest absolute Gasteiger partial charge is 0.872 e. The van der Waals surface area contributed by atoms with Crippen molar-refractivity contribution in [2.45, 2.75) is 0 Å². The molecule has 8 rings (SSSR count). The standard InChI is InChI=1S/2C23H16O2.Cu/c2*24-22(20-11-9-16-5-1-3-7-18(16)13-20)15-23(25)21-12-10-17-6-2-4-8-19(17)14-21;/h2*1-15,24H;/q;;+2/p-2/b2*22-15-;. The van der Waals surface area contributed by atoms with E-state index < -0.39 is 0 Å². The molecular weight excluding hydrogens is 680 g/mol. The average Bonchev–Trinajstić information content (AvgIpc) is 3.17. The Morgan fingerprint density at radius 2 is 0.569 bits per heavy atom. The van der Waals surface area contributed by atoms with Gasteiger partial charge in [-0.1, -0.05) is 157 Å². The number of rotatable bonds is 6. The van der Waals surface area contributed by atoms with E-state index >= 15 is 0 Å². The van der Waals surface area contributed by atoms with Gasteiger partial charge in [0.2, 0.25) is 0 Å². The van der Waals surface area contributed by atoms with Crippen LogP contribution in [-0.2, 0) is 17.1 Å². The molecule has 0 aliphatic carbocycles. The molecule has 1 radical (unpaired) electrons. The van der Waals surface area contributed by atoms with Crippen LogP contribution in [0.5, 0.6) is 0 Å². The van der Waals surface area contributed by atoms with Crippen LogP contribution in [0.2, 0.25) is 0 Å². The Balaban J connectivity index is 0.000000172. The van der Waals surface area contributed by atoms with Gasteiger partial charge in [-0.25, -0.2) is 0 Å². The predicted octanol–water partition coefficient (Wildman–Crippen LogP) is 9.15. The molecule has 0 heterocycles. The number of fused-ring (bicyclic) bond motifs is 4. The molecular formula is C46H30CuO4. The van der Waals surface area contributed by atoms with E-state index in [0.717, 1.165) is 43.1 Å². The van der Waals surface area contributed by atoms with E-state index in [-0.39, 0.29) is 40.2 Å². The van der Waals surface area contributed by atoms with Crippen molar-refractivity contribution in [2.24, 2.45) is 0 Å². The topological polar surface area (TPSA) is 80.3 Å². The summed E-state index contributed by atoms with van der Waals surface area (Å²) >= 11 is 0. The molecule has 0 fully saturated rings. The minimum atomic E-state index is -0.274. The summed E-state index contributed by atoms with van der Waals surface area (Å²) in [6.45, 7) is 0. The number of carbonyl (C=O) groups excluding carboxylic acids is 2. The van der Waals surface area contributed by atoms with Crippen molar-refractivity contribution in [3.05, 3.63) is 204 Å². The molecule has 0 aromatic heterocycles. The van der Waals surface area contributed by atoms with Crippen LogP contribution in [0.15, 0.2) is 182 Å². The number of benzene rings is 8. The molecule has 249 valence electrons. The van der Waals surface area contributed by atoms with E-state index in [1.54, 1.807) is 24.3 Å². The Bertz CT molecular complexity index is 2440. The molecule has 4 nitrogen and oxygen atoms in total. The van der Waals surface area contributed by atoms with Crippen LogP contribution >= 0.6 is 0 Å². The van der Waals surface area contributed by atoms with Gasteiger partial charge in [0.1, 0.15) is 0 Å². The summed E-state index contributed by atoms with van der Waals surface area (Å²) in [5, 5.41) is 33.1. The molecule has 0 aliphatic heterocycles. The zero-order valence-corrected chi connectivity index (χ0v) is 28.2. The molecule has 8 aromatic carbocycles. The number of carbonyl (C=O) groups is 2. The van der Waals surface area contributed by atoms with Gasteiger partial charge in [0.05, 0.1) is 0 Å². The fourth-order valence-electron chi connectivity index (χ4n) is 5.94. The summed E-state index contributed by atoms with van der Waals surface area (Å²) in [5.41, 5.74) is 2.08. The second-order valence-corrected chi connectivity index (χ2v) is 12.0. The largest absolute Gasteiger partial charge is 2.00 e. The first-order valence-electron chi connectivity index (χ1n) is 16.2. The summed E-state index contributed by atoms with van der Waals surface area (Å²) in [6.07, 6.45) is 2.35. The second kappa shape index (κ2) is 15.5. The summed E-state index contributed by atoms with van der Waals surface area (Å²) in [4.78, 5) is 24.9. The average molecular weight is 710 g/mol. The Kier molecular flexibility index (Phi) is 10.5. The van der Waals surface area contributed by atoms with Crippen molar-refractivity contribution in [3.63, 3.8) is 0 Å². The van der Waals surface area contributed by atoms with Gasteiger partial charge in [-0.3, -0.25) is 9.59 Å². The molecule has 0 saturated carbocycles. The molecule has 0 amide bonds. The maximum Gasteiger partial charge on any atom is 2.00 e. The summed E-state index contributed by atoms with van der Waals surface area (Å²) < 4.78 is 0. The first-order chi connectivity index (χ1) is 24.4. The van der Waals surface area contributed by atoms with Gasteiger partial charge in [-0.15, -0.1) is 0 Å². The van der Waals surface area contributed by atoms with Gasteiger partial charge in [-0.2, -0.15) is 0 Å². The third-order valence-corrected chi connectivity index (χ3v) is 8.66. The van der Waals surface area contributed by atoms with Crippen LogP contribution in [0.4, 0.5) is 0 Å². The molecule has 51 heavy (non-hydrogen) atoms. The van der Waals surface area contributed by atoms with Crippen LogP contribution in [0.25, 0.3) is 54.6 Å². The zero-order valence-electron chi connectivity index (χ0n) is 27.3. The minimum absolute atomic E-state index is 0. The van der Waals surface area contributed by atoms with E-state index in [2.05, 4.69) is 0 Å². The van der Waals surface area contributed by atoms with Gasteiger partial charge >= 0.3 is 17.1 Å². The Hall–Kier alpha value is -6.26. The second-order valence-electron chi connectivity index (χ2n) is 12.0. The van der Waals surface area contributed by atoms with Gasteiger partial charge in [0, 0.05) is 11.1 Å². The van der Waals surface area contributed by atoms with Gasteiger partial charge < -0.3 is 10.2 Å². The van der Waals surface area contributed by atoms with Crippen molar-refractivity contribution in [3.8, 4) is 0 Å². The molecule has 8 aromatic rings. The van der Waals surface area contributed by atoms with Crippen molar-refractivity contribution in [2.75, 3.05) is 0 Å². The quantitative estimate of drug-likeness (QED) is 0.0747. The zero-order chi connectivity index (χ0) is 34.5. The maximum absolute atomic E-state index is 12.5. The van der Waals surface area contributed by atoms with E-state index in [1.807, 2.05) is 146 Å². The van der Waals surface area contributed by atoms with Crippen LogP contribution in [0, 0.1) is 0 Å². The molecule has 0 bridgehead atoms. The Morgan fingerprint density at radius 3 is 0.863 bits per heavy atom. The molecule has 0 spiro atoms. The predicted molar refractivity (Wildman–Crippen MR) is 200 cm³/mol. The minimum Gasteiger partial charge on any atom is -0.872 e. The fourth-order valence-corrected chi connectivity index (χ4v) is 5.94. The summed E-state index contributed by atoms with van der Waals surface area (Å²) in [6, 6.07) is 53.3. The molecule has 0 saturated heterocycles. The summed E-state index contributed by atoms with van der Waals surface area (Å²) in [5.74, 6) is -1.10. The third kappa shape index (κ3) is 7.98. The Labute approximate surface area is 306 Å². The fraction of sp³-hybridized carbons (Fsp3) is 0. The van der Waals surface area contributed by atoms with Crippen LogP contribution in [0.3, 0.4) is 0 Å². The monoisotopic (exact) mass is 709 g/mol. The Morgan fingerprint density at radius 1 is 0.333 bits per heavy atom. The number of allylic oxidation sites excluding steroid dienone is 2. The van der Waals surface area contributed by atoms with Crippen LogP contribution in [0.1, 0.15) is 31.8 Å². The molecule has 5 heteroatoms. The molecule has 0 atom stereocenters. The summed E-state index contributed by atoms with van der Waals surface area (Å²) in [7, 11) is 0. The molecule has 0 aliphatic rings. The van der Waals surface area contributed by atoms with Crippen LogP contribution < -0.4 is 10.2 Å². The number of ketones is 2. The van der Waals surface area contributed by atoms with Gasteiger partial charge in [0.15, 0.2) is 11.6 Å². The number of hydrogen-bond donors (Lipinski definition) is 0. The molecule has 0 N–H and O–H groups in total. The third-order valence-electron chi connectivity index (χ3n) is 8.66. The van der Waals surface area contributed by atoms with E-state index in [4.69, 9.17) is 0 Å². The van der Waals surface area contributed by atoms with E-state index in [0.29, 0.717) is 22.3 Å². The van der Waals surface area contributed by atoms with Gasteiger partial charge in [-0.05, 0) is 90.6 Å². The number of hydrogen-bond acceptors (Lipinski definition) is 4. The first kappa shape index (κ1) is 34.6. The maximum atomic E-state index is 12.5. The first-order valence-corrected chi connectivity index (χ1v) is 16.2. The van der Waals surface area contributed by atoms with Crippen molar-refractivity contribution < 1.29 is 36.9 Å². The van der Waals surface area contributed by atoms with E-state index in [1.165, 1.54) is 12.2 Å². The normalized spacial score (nSPS) is 11.5. The van der Waals surface area contributed by atoms with Crippen molar-refractivity contribution >= 4 is 66.2 Å². The SMILES string of the molecule is O=C(/C=C(\[O-])c1ccc2ccccc2c1)c1ccc2ccccc2c1.O=C(/C=C(\[O-])c1ccc2ccccc2c1)c1ccc2ccccc2c1.[Cu+2]. The van der Waals surface area contributed by atoms with Crippen molar-refractivity contribution in [1.29, 1.82) is 0 Å². The van der Waals surface area contributed by atoms with Gasteiger partial charge in [0.25, 0.3) is 0 Å². The van der Waals surface area contributed by atoms with Crippen LogP contribution in [-0.4, -0.2) is 11.6 Å². The molecule has 0 unspecified atom stereocenters. The van der Waals surface area contributed by atoms with Crippen molar-refractivity contribution in [1.82, 2.24) is 0 Å². The van der Waals surface area contributed by atoms with E-state index in [9.17, 15) is 19.8 Å².